The van der Waals surface area contributed by atoms with Gasteiger partial charge < -0.3 is 10.3 Å². The highest BCUT2D eigenvalue weighted by Gasteiger charge is 2.16. The number of nitrogens with zero attached hydrogens (tertiary/aromatic N) is 5. The zero-order chi connectivity index (χ0) is 22.9. The molecule has 0 fully saturated rings. The number of imidazole rings is 1. The van der Waals surface area contributed by atoms with E-state index in [1.165, 1.54) is 0 Å². The molecule has 166 valence electrons. The second-order valence-electron chi connectivity index (χ2n) is 8.07. The molecule has 0 saturated carbocycles. The molecule has 0 atom stereocenters. The molecule has 0 saturated heterocycles. The Morgan fingerprint density at radius 3 is 2.71 bits per heavy atom. The Bertz CT molecular complexity index is 1600. The highest BCUT2D eigenvalue weighted by Crippen LogP contribution is 2.32. The summed E-state index contributed by atoms with van der Waals surface area (Å²) in [4.78, 5) is 21.5. The fourth-order valence-corrected chi connectivity index (χ4v) is 4.16. The maximum Gasteiger partial charge on any atom is 0.159 e. The van der Waals surface area contributed by atoms with Gasteiger partial charge in [-0.2, -0.15) is 5.10 Å². The van der Waals surface area contributed by atoms with Crippen LogP contribution in [0, 0.1) is 0 Å². The number of rotatable bonds is 6. The van der Waals surface area contributed by atoms with Crippen molar-refractivity contribution < 1.29 is 0 Å². The van der Waals surface area contributed by atoms with Gasteiger partial charge >= 0.3 is 0 Å². The Morgan fingerprint density at radius 2 is 1.82 bits per heavy atom. The number of H-pyrrole nitrogens is 2. The average molecular weight is 447 g/mol. The highest BCUT2D eigenvalue weighted by atomic mass is 15.1. The van der Waals surface area contributed by atoms with Gasteiger partial charge in [-0.05, 0) is 48.0 Å². The normalized spacial score (nSPS) is 11.4. The largest absolute Gasteiger partial charge is 0.337 e. The van der Waals surface area contributed by atoms with Gasteiger partial charge in [-0.1, -0.05) is 19.1 Å². The monoisotopic (exact) mass is 446 g/mol. The lowest BCUT2D eigenvalue weighted by molar-refractivity contribution is 0.724. The number of nitrogens with one attached hydrogen (secondary N) is 3. The zero-order valence-corrected chi connectivity index (χ0v) is 18.6. The summed E-state index contributed by atoms with van der Waals surface area (Å²) in [6.45, 7) is 3.77. The van der Waals surface area contributed by atoms with Gasteiger partial charge in [-0.25, -0.2) is 4.98 Å². The summed E-state index contributed by atoms with van der Waals surface area (Å²) in [7, 11) is 0. The number of hydrogen-bond donors (Lipinski definition) is 3. The summed E-state index contributed by atoms with van der Waals surface area (Å²) in [6.07, 6.45) is 9.11. The summed E-state index contributed by atoms with van der Waals surface area (Å²) in [6, 6.07) is 14.3. The van der Waals surface area contributed by atoms with E-state index in [4.69, 9.17) is 4.98 Å². The molecule has 3 N–H and O–H groups in total. The molecule has 5 heterocycles. The third kappa shape index (κ3) is 3.60. The van der Waals surface area contributed by atoms with E-state index in [1.54, 1.807) is 12.4 Å². The van der Waals surface area contributed by atoms with Gasteiger partial charge in [-0.15, -0.1) is 0 Å². The van der Waals surface area contributed by atoms with E-state index >= 15 is 0 Å². The summed E-state index contributed by atoms with van der Waals surface area (Å²) >= 11 is 0. The van der Waals surface area contributed by atoms with Crippen LogP contribution in [0.25, 0.3) is 55.8 Å². The minimum atomic E-state index is 0.707. The number of pyridine rings is 3. The van der Waals surface area contributed by atoms with Crippen LogP contribution in [0.5, 0.6) is 0 Å². The molecule has 6 rings (SSSR count). The molecule has 0 aliphatic rings. The minimum Gasteiger partial charge on any atom is -0.337 e. The molecular weight excluding hydrogens is 424 g/mol. The van der Waals surface area contributed by atoms with Crippen LogP contribution in [-0.2, 0) is 6.54 Å². The number of aromatic amines is 2. The van der Waals surface area contributed by atoms with Crippen molar-refractivity contribution in [2.75, 3.05) is 6.54 Å². The lowest BCUT2D eigenvalue weighted by Crippen LogP contribution is -2.11. The standard InChI is InChI=1S/C26H22N8/c1-2-27-12-16-10-18(14-29-13-16)22-11-20-23(15-30-22)33-34-25(20)26-31-21-5-3-4-19(24(21)32-26)17-6-8-28-9-7-17/h3-11,13-15,27H,2,12H2,1H3,(H,31,32)(H,33,34). The van der Waals surface area contributed by atoms with E-state index in [1.807, 2.05) is 48.9 Å². The number of fused-ring (bicyclic) bond motifs is 2. The summed E-state index contributed by atoms with van der Waals surface area (Å²) in [5.41, 5.74) is 8.51. The van der Waals surface area contributed by atoms with Crippen molar-refractivity contribution in [1.29, 1.82) is 0 Å². The molecule has 0 radical (unpaired) electrons. The van der Waals surface area contributed by atoms with Crippen LogP contribution in [0.4, 0.5) is 0 Å². The van der Waals surface area contributed by atoms with Gasteiger partial charge in [0, 0.05) is 47.8 Å². The third-order valence-corrected chi connectivity index (χ3v) is 5.85. The van der Waals surface area contributed by atoms with E-state index in [0.717, 1.165) is 68.7 Å². The molecule has 0 aliphatic carbocycles. The van der Waals surface area contributed by atoms with Gasteiger partial charge in [0.1, 0.15) is 5.69 Å². The maximum absolute atomic E-state index is 4.93. The van der Waals surface area contributed by atoms with E-state index in [0.29, 0.717) is 5.82 Å². The van der Waals surface area contributed by atoms with Gasteiger partial charge in [-0.3, -0.25) is 20.1 Å². The van der Waals surface area contributed by atoms with E-state index in [9.17, 15) is 0 Å². The van der Waals surface area contributed by atoms with Crippen LogP contribution in [0.1, 0.15) is 12.5 Å². The predicted octanol–water partition coefficient (Wildman–Crippen LogP) is 4.73. The van der Waals surface area contributed by atoms with Gasteiger partial charge in [0.15, 0.2) is 5.82 Å². The van der Waals surface area contributed by atoms with Crippen LogP contribution in [0.2, 0.25) is 0 Å². The Kier molecular flexibility index (Phi) is 5.04. The number of aromatic nitrogens is 7. The second kappa shape index (κ2) is 8.49. The molecule has 0 bridgehead atoms. The van der Waals surface area contributed by atoms with Crippen molar-refractivity contribution in [3.05, 3.63) is 79.0 Å². The van der Waals surface area contributed by atoms with Crippen LogP contribution >= 0.6 is 0 Å². The summed E-state index contributed by atoms with van der Waals surface area (Å²) in [5.74, 6) is 0.707. The molecule has 0 aliphatic heterocycles. The lowest BCUT2D eigenvalue weighted by atomic mass is 10.1. The summed E-state index contributed by atoms with van der Waals surface area (Å²) in [5, 5.41) is 11.9. The highest BCUT2D eigenvalue weighted by molar-refractivity contribution is 5.97. The Morgan fingerprint density at radius 1 is 0.912 bits per heavy atom. The van der Waals surface area contributed by atoms with Crippen LogP contribution in [0.15, 0.2) is 73.4 Å². The third-order valence-electron chi connectivity index (χ3n) is 5.85. The van der Waals surface area contributed by atoms with Crippen molar-refractivity contribution in [1.82, 2.24) is 40.4 Å². The second-order valence-corrected chi connectivity index (χ2v) is 8.07. The van der Waals surface area contributed by atoms with E-state index in [-0.39, 0.29) is 0 Å². The fraction of sp³-hybridized carbons (Fsp3) is 0.115. The van der Waals surface area contributed by atoms with Crippen LogP contribution in [-0.4, -0.2) is 41.7 Å². The van der Waals surface area contributed by atoms with Crippen molar-refractivity contribution in [3.63, 3.8) is 0 Å². The molecule has 0 unspecified atom stereocenters. The van der Waals surface area contributed by atoms with Crippen molar-refractivity contribution in [3.8, 4) is 33.9 Å². The van der Waals surface area contributed by atoms with Gasteiger partial charge in [0.05, 0.1) is 28.4 Å². The Hall–Kier alpha value is -4.43. The zero-order valence-electron chi connectivity index (χ0n) is 18.6. The number of benzene rings is 1. The van der Waals surface area contributed by atoms with Crippen LogP contribution in [0.3, 0.4) is 0 Å². The predicted molar refractivity (Wildman–Crippen MR) is 133 cm³/mol. The average Bonchev–Trinajstić information content (AvgIpc) is 3.51. The molecular formula is C26H22N8. The van der Waals surface area contributed by atoms with Crippen molar-refractivity contribution in [2.24, 2.45) is 0 Å². The molecule has 8 heteroatoms. The first-order valence-electron chi connectivity index (χ1n) is 11.2. The first kappa shape index (κ1) is 20.2. The maximum atomic E-state index is 4.93. The number of hydrogen-bond acceptors (Lipinski definition) is 6. The van der Waals surface area contributed by atoms with E-state index in [2.05, 4.69) is 54.5 Å². The topological polar surface area (TPSA) is 108 Å². The first-order valence-corrected chi connectivity index (χ1v) is 11.2. The van der Waals surface area contributed by atoms with Gasteiger partial charge in [0.25, 0.3) is 0 Å². The SMILES string of the molecule is CCNCc1cncc(-c2cc3c(-c4nc5c(-c6ccncc6)cccc5[nH]4)n[nH]c3cn2)c1. The van der Waals surface area contributed by atoms with Gasteiger partial charge in [0.2, 0.25) is 0 Å². The molecule has 1 aromatic carbocycles. The van der Waals surface area contributed by atoms with Crippen molar-refractivity contribution >= 4 is 21.9 Å². The molecule has 0 spiro atoms. The molecule has 5 aromatic heterocycles. The quantitative estimate of drug-likeness (QED) is 0.341. The number of para-hydroxylation sites is 1. The summed E-state index contributed by atoms with van der Waals surface area (Å²) < 4.78 is 0. The fourth-order valence-electron chi connectivity index (χ4n) is 4.16. The molecule has 6 aromatic rings. The van der Waals surface area contributed by atoms with E-state index < -0.39 is 0 Å². The first-order chi connectivity index (χ1) is 16.8. The molecule has 34 heavy (non-hydrogen) atoms. The smallest absolute Gasteiger partial charge is 0.159 e. The lowest BCUT2D eigenvalue weighted by Gasteiger charge is -2.05. The molecule has 0 amide bonds. The Labute approximate surface area is 195 Å². The molecule has 8 nitrogen and oxygen atoms in total. The Balaban J connectivity index is 1.44. The van der Waals surface area contributed by atoms with Crippen LogP contribution < -0.4 is 5.32 Å². The van der Waals surface area contributed by atoms with Crippen molar-refractivity contribution in [2.45, 2.75) is 13.5 Å². The minimum absolute atomic E-state index is 0.707.